The van der Waals surface area contributed by atoms with Gasteiger partial charge in [0.15, 0.2) is 0 Å². The van der Waals surface area contributed by atoms with E-state index in [0.717, 1.165) is 5.92 Å². The first-order chi connectivity index (χ1) is 5.77. The third-order valence-electron chi connectivity index (χ3n) is 2.96. The van der Waals surface area contributed by atoms with E-state index in [-0.39, 0.29) is 5.54 Å². The lowest BCUT2D eigenvalue weighted by molar-refractivity contribution is 0.281. The molecule has 1 aromatic rings. The van der Waals surface area contributed by atoms with Crippen LogP contribution in [0.15, 0.2) is 18.7 Å². The molecule has 1 aromatic heterocycles. The molecule has 1 fully saturated rings. The lowest BCUT2D eigenvalue weighted by atomic mass is 9.96. The van der Waals surface area contributed by atoms with Gasteiger partial charge in [0, 0.05) is 18.9 Å². The minimum atomic E-state index is 0.108. The van der Waals surface area contributed by atoms with Crippen molar-refractivity contribution < 1.29 is 0 Å². The number of hydrogen-bond donors (Lipinski definition) is 1. The fourth-order valence-electron chi connectivity index (χ4n) is 1.75. The molecule has 12 heavy (non-hydrogen) atoms. The maximum absolute atomic E-state index is 5.79. The Bertz CT molecular complexity index is 251. The van der Waals surface area contributed by atoms with Gasteiger partial charge in [-0.1, -0.05) is 0 Å². The smallest absolute Gasteiger partial charge is 0.0951 e. The molecule has 0 aromatic carbocycles. The molecule has 1 heterocycles. The number of nitrogens with zero attached hydrogens (tertiary/aromatic N) is 2. The standard InChI is InChI=1S/C9H15N3/c1-9(6-10,8-2-3-8)12-5-4-11-7-12/h4-5,7-8H,2-3,6,10H2,1H3. The lowest BCUT2D eigenvalue weighted by Gasteiger charge is -2.29. The normalized spacial score (nSPS) is 22.2. The Morgan fingerprint density at radius 1 is 1.67 bits per heavy atom. The predicted octanol–water partition coefficient (Wildman–Crippen LogP) is 0.967. The molecule has 0 radical (unpaired) electrons. The third kappa shape index (κ3) is 1.05. The maximum atomic E-state index is 5.79. The average molecular weight is 165 g/mol. The van der Waals surface area contributed by atoms with Crippen molar-refractivity contribution in [2.45, 2.75) is 25.3 Å². The largest absolute Gasteiger partial charge is 0.330 e. The van der Waals surface area contributed by atoms with Crippen LogP contribution in [0.2, 0.25) is 0 Å². The zero-order valence-corrected chi connectivity index (χ0v) is 7.40. The first-order valence-corrected chi connectivity index (χ1v) is 4.46. The molecule has 0 saturated heterocycles. The number of aromatic nitrogens is 2. The Labute approximate surface area is 72.6 Å². The minimum absolute atomic E-state index is 0.108. The summed E-state index contributed by atoms with van der Waals surface area (Å²) in [5.41, 5.74) is 5.90. The van der Waals surface area contributed by atoms with Crippen LogP contribution in [0.5, 0.6) is 0 Å². The molecule has 1 saturated carbocycles. The SMILES string of the molecule is CC(CN)(C1CC1)n1ccnc1. The Morgan fingerprint density at radius 2 is 2.42 bits per heavy atom. The Kier molecular flexibility index (Phi) is 1.68. The topological polar surface area (TPSA) is 43.8 Å². The van der Waals surface area contributed by atoms with E-state index >= 15 is 0 Å². The van der Waals surface area contributed by atoms with Gasteiger partial charge in [-0.25, -0.2) is 4.98 Å². The van der Waals surface area contributed by atoms with Crippen molar-refractivity contribution >= 4 is 0 Å². The van der Waals surface area contributed by atoms with E-state index in [9.17, 15) is 0 Å². The van der Waals surface area contributed by atoms with Gasteiger partial charge in [-0.3, -0.25) is 0 Å². The number of imidazole rings is 1. The monoisotopic (exact) mass is 165 g/mol. The number of hydrogen-bond acceptors (Lipinski definition) is 2. The first kappa shape index (κ1) is 7.80. The van der Waals surface area contributed by atoms with Gasteiger partial charge >= 0.3 is 0 Å². The lowest BCUT2D eigenvalue weighted by Crippen LogP contribution is -2.39. The summed E-state index contributed by atoms with van der Waals surface area (Å²) in [7, 11) is 0. The predicted molar refractivity (Wildman–Crippen MR) is 47.7 cm³/mol. The van der Waals surface area contributed by atoms with Gasteiger partial charge in [-0.05, 0) is 25.7 Å². The molecule has 1 aliphatic rings. The van der Waals surface area contributed by atoms with Gasteiger partial charge in [0.1, 0.15) is 0 Å². The first-order valence-electron chi connectivity index (χ1n) is 4.46. The average Bonchev–Trinajstić information content (AvgIpc) is 2.80. The van der Waals surface area contributed by atoms with Gasteiger partial charge in [0.2, 0.25) is 0 Å². The number of rotatable bonds is 3. The maximum Gasteiger partial charge on any atom is 0.0951 e. The van der Waals surface area contributed by atoms with E-state index in [2.05, 4.69) is 16.5 Å². The van der Waals surface area contributed by atoms with E-state index in [4.69, 9.17) is 5.73 Å². The van der Waals surface area contributed by atoms with Gasteiger partial charge < -0.3 is 10.3 Å². The Morgan fingerprint density at radius 3 is 2.83 bits per heavy atom. The van der Waals surface area contributed by atoms with Crippen LogP contribution in [0.4, 0.5) is 0 Å². The molecule has 2 rings (SSSR count). The number of nitrogens with two attached hydrogens (primary N) is 1. The Hall–Kier alpha value is -0.830. The van der Waals surface area contributed by atoms with E-state index in [1.165, 1.54) is 12.8 Å². The molecule has 66 valence electrons. The quantitative estimate of drug-likeness (QED) is 0.725. The Balaban J connectivity index is 2.27. The molecule has 2 N–H and O–H groups in total. The van der Waals surface area contributed by atoms with Crippen LogP contribution < -0.4 is 5.73 Å². The van der Waals surface area contributed by atoms with Crippen LogP contribution in [0.1, 0.15) is 19.8 Å². The fraction of sp³-hybridized carbons (Fsp3) is 0.667. The van der Waals surface area contributed by atoms with Crippen LogP contribution in [-0.2, 0) is 5.54 Å². The zero-order chi connectivity index (χ0) is 8.60. The second kappa shape index (κ2) is 2.59. The van der Waals surface area contributed by atoms with Crippen molar-refractivity contribution in [1.82, 2.24) is 9.55 Å². The van der Waals surface area contributed by atoms with E-state index in [0.29, 0.717) is 6.54 Å². The van der Waals surface area contributed by atoms with Crippen molar-refractivity contribution in [3.63, 3.8) is 0 Å². The van der Waals surface area contributed by atoms with Crippen molar-refractivity contribution in [1.29, 1.82) is 0 Å². The highest BCUT2D eigenvalue weighted by Crippen LogP contribution is 2.43. The van der Waals surface area contributed by atoms with E-state index in [1.54, 1.807) is 0 Å². The van der Waals surface area contributed by atoms with Crippen LogP contribution in [0, 0.1) is 5.92 Å². The second-order valence-corrected chi connectivity index (χ2v) is 3.81. The van der Waals surface area contributed by atoms with Crippen molar-refractivity contribution in [2.75, 3.05) is 6.54 Å². The minimum Gasteiger partial charge on any atom is -0.330 e. The highest BCUT2D eigenvalue weighted by atomic mass is 15.1. The van der Waals surface area contributed by atoms with Gasteiger partial charge in [0.05, 0.1) is 11.9 Å². The third-order valence-corrected chi connectivity index (χ3v) is 2.96. The molecular formula is C9H15N3. The van der Waals surface area contributed by atoms with Gasteiger partial charge in [-0.15, -0.1) is 0 Å². The van der Waals surface area contributed by atoms with Crippen LogP contribution in [-0.4, -0.2) is 16.1 Å². The van der Waals surface area contributed by atoms with Crippen molar-refractivity contribution in [2.24, 2.45) is 11.7 Å². The summed E-state index contributed by atoms with van der Waals surface area (Å²) in [6.07, 6.45) is 8.31. The molecule has 0 aliphatic heterocycles. The molecule has 0 amide bonds. The highest BCUT2D eigenvalue weighted by Gasteiger charge is 2.41. The van der Waals surface area contributed by atoms with Gasteiger partial charge in [-0.2, -0.15) is 0 Å². The van der Waals surface area contributed by atoms with Crippen LogP contribution >= 0.6 is 0 Å². The second-order valence-electron chi connectivity index (χ2n) is 3.81. The summed E-state index contributed by atoms with van der Waals surface area (Å²) in [5, 5.41) is 0. The van der Waals surface area contributed by atoms with Crippen molar-refractivity contribution in [3.05, 3.63) is 18.7 Å². The summed E-state index contributed by atoms with van der Waals surface area (Å²) in [6, 6.07) is 0. The summed E-state index contributed by atoms with van der Waals surface area (Å²) in [6.45, 7) is 2.92. The fourth-order valence-corrected chi connectivity index (χ4v) is 1.75. The van der Waals surface area contributed by atoms with Crippen LogP contribution in [0.3, 0.4) is 0 Å². The van der Waals surface area contributed by atoms with Crippen molar-refractivity contribution in [3.8, 4) is 0 Å². The molecule has 0 bridgehead atoms. The molecule has 1 aliphatic carbocycles. The van der Waals surface area contributed by atoms with Crippen LogP contribution in [0.25, 0.3) is 0 Å². The molecule has 0 spiro atoms. The highest BCUT2D eigenvalue weighted by molar-refractivity contribution is 4.99. The summed E-state index contributed by atoms with van der Waals surface area (Å²) in [4.78, 5) is 4.05. The van der Waals surface area contributed by atoms with E-state index < -0.39 is 0 Å². The zero-order valence-electron chi connectivity index (χ0n) is 7.40. The molecule has 3 nitrogen and oxygen atoms in total. The summed E-state index contributed by atoms with van der Waals surface area (Å²) in [5.74, 6) is 0.761. The van der Waals surface area contributed by atoms with E-state index in [1.807, 2.05) is 18.7 Å². The summed E-state index contributed by atoms with van der Waals surface area (Å²) < 4.78 is 2.14. The van der Waals surface area contributed by atoms with Gasteiger partial charge in [0.25, 0.3) is 0 Å². The molecule has 1 atom stereocenters. The molecular weight excluding hydrogens is 150 g/mol. The summed E-state index contributed by atoms with van der Waals surface area (Å²) >= 11 is 0. The molecule has 1 unspecified atom stereocenters. The molecule has 3 heteroatoms.